The first-order valence-electron chi connectivity index (χ1n) is 17.5. The molecule has 0 aliphatic rings. The maximum Gasteiger partial charge on any atom is 0.180 e. The molecule has 8 aromatic carbocycles. The van der Waals surface area contributed by atoms with Crippen LogP contribution in [0, 0.1) is 0 Å². The van der Waals surface area contributed by atoms with Crippen molar-refractivity contribution >= 4 is 61.4 Å². The van der Waals surface area contributed by atoms with Crippen molar-refractivity contribution in [2.24, 2.45) is 0 Å². The van der Waals surface area contributed by atoms with Gasteiger partial charge in [-0.05, 0) is 77.7 Å². The van der Waals surface area contributed by atoms with Gasteiger partial charge >= 0.3 is 0 Å². The first-order valence-corrected chi connectivity index (χ1v) is 19.5. The Labute approximate surface area is 294 Å². The third-order valence-corrected chi connectivity index (χ3v) is 15.2. The van der Waals surface area contributed by atoms with Crippen molar-refractivity contribution in [2.45, 2.75) is 13.3 Å². The molecule has 0 saturated carbocycles. The molecule has 1 heterocycles. The molecule has 0 spiro atoms. The van der Waals surface area contributed by atoms with Gasteiger partial charge in [0, 0.05) is 12.1 Å². The highest BCUT2D eigenvalue weighted by Crippen LogP contribution is 2.37. The lowest BCUT2D eigenvalue weighted by Gasteiger charge is -2.37. The van der Waals surface area contributed by atoms with Gasteiger partial charge in [-0.1, -0.05) is 171 Å². The van der Waals surface area contributed by atoms with Gasteiger partial charge in [-0.25, -0.2) is 4.98 Å². The summed E-state index contributed by atoms with van der Waals surface area (Å²) in [5.74, 6) is 1.07. The highest BCUT2D eigenvalue weighted by atomic mass is 28.3. The summed E-state index contributed by atoms with van der Waals surface area (Å²) in [7, 11) is -2.84. The third kappa shape index (κ3) is 4.66. The van der Waals surface area contributed by atoms with Crippen LogP contribution in [-0.2, 0) is 6.42 Å². The van der Waals surface area contributed by atoms with E-state index in [1.807, 2.05) is 0 Å². The standard InChI is InChI=1S/C47H36N2Si/c1-2-45-48-43-28-16-17-29-44(43)49(45)35-32-30-34(31-33-35)46-39-24-12-14-26-41(39)47(42-27-15-13-25-40(42)46)50(36-18-6-3-7-19-36,37-20-8-4-9-21-37)38-22-10-5-11-23-38/h3-33H,2H2,1H3. The summed E-state index contributed by atoms with van der Waals surface area (Å²) in [5.41, 5.74) is 5.79. The molecule has 0 N–H and O–H groups in total. The number of fused-ring (bicyclic) bond motifs is 3. The topological polar surface area (TPSA) is 17.8 Å². The van der Waals surface area contributed by atoms with E-state index in [-0.39, 0.29) is 0 Å². The number of rotatable bonds is 7. The zero-order valence-electron chi connectivity index (χ0n) is 28.0. The van der Waals surface area contributed by atoms with Crippen molar-refractivity contribution in [3.8, 4) is 16.8 Å². The number of aryl methyl sites for hydroxylation is 1. The third-order valence-electron chi connectivity index (χ3n) is 10.3. The minimum absolute atomic E-state index is 0.864. The first kappa shape index (κ1) is 30.1. The van der Waals surface area contributed by atoms with E-state index < -0.39 is 8.07 Å². The molecule has 9 rings (SSSR count). The number of benzene rings is 8. The van der Waals surface area contributed by atoms with Crippen LogP contribution >= 0.6 is 0 Å². The molecule has 0 aliphatic heterocycles. The summed E-state index contributed by atoms with van der Waals surface area (Å²) in [5, 5.41) is 10.7. The zero-order valence-corrected chi connectivity index (χ0v) is 29.0. The molecule has 0 fully saturated rings. The lowest BCUT2D eigenvalue weighted by Crippen LogP contribution is -2.75. The van der Waals surface area contributed by atoms with Gasteiger partial charge in [-0.15, -0.1) is 0 Å². The fraction of sp³-hybridized carbons (Fsp3) is 0.0426. The second kappa shape index (κ2) is 12.4. The highest BCUT2D eigenvalue weighted by Gasteiger charge is 2.44. The Hall–Kier alpha value is -6.03. The van der Waals surface area contributed by atoms with Gasteiger partial charge in [-0.2, -0.15) is 0 Å². The number of hydrogen-bond donors (Lipinski definition) is 0. The molecule has 0 aliphatic carbocycles. The molecule has 0 bridgehead atoms. The molecule has 0 unspecified atom stereocenters. The zero-order chi connectivity index (χ0) is 33.5. The average Bonchev–Trinajstić information content (AvgIpc) is 3.58. The number of nitrogens with zero attached hydrogens (tertiary/aromatic N) is 2. The summed E-state index contributed by atoms with van der Waals surface area (Å²) >= 11 is 0. The van der Waals surface area contributed by atoms with E-state index >= 15 is 0 Å². The van der Waals surface area contributed by atoms with Crippen molar-refractivity contribution < 1.29 is 0 Å². The summed E-state index contributed by atoms with van der Waals surface area (Å²) in [6, 6.07) is 69.5. The molecule has 1 aromatic heterocycles. The van der Waals surface area contributed by atoms with E-state index in [9.17, 15) is 0 Å². The van der Waals surface area contributed by atoms with Crippen LogP contribution in [0.3, 0.4) is 0 Å². The van der Waals surface area contributed by atoms with Crippen molar-refractivity contribution in [1.82, 2.24) is 9.55 Å². The normalized spacial score (nSPS) is 11.8. The smallest absolute Gasteiger partial charge is 0.180 e. The van der Waals surface area contributed by atoms with Crippen LogP contribution in [0.2, 0.25) is 0 Å². The van der Waals surface area contributed by atoms with Crippen molar-refractivity contribution in [1.29, 1.82) is 0 Å². The van der Waals surface area contributed by atoms with Crippen molar-refractivity contribution in [3.63, 3.8) is 0 Å². The van der Waals surface area contributed by atoms with Crippen LogP contribution in [0.25, 0.3) is 49.4 Å². The quantitative estimate of drug-likeness (QED) is 0.0952. The average molecular weight is 657 g/mol. The van der Waals surface area contributed by atoms with Gasteiger partial charge in [0.2, 0.25) is 0 Å². The fourth-order valence-corrected chi connectivity index (χ4v) is 13.4. The molecule has 3 heteroatoms. The lowest BCUT2D eigenvalue weighted by molar-refractivity contribution is 0.908. The minimum Gasteiger partial charge on any atom is -0.296 e. The molecule has 9 aromatic rings. The van der Waals surface area contributed by atoms with E-state index in [0.717, 1.165) is 29.0 Å². The fourth-order valence-electron chi connectivity index (χ4n) is 8.22. The number of para-hydroxylation sites is 2. The lowest BCUT2D eigenvalue weighted by atomic mass is 9.92. The molecule has 2 nitrogen and oxygen atoms in total. The van der Waals surface area contributed by atoms with Gasteiger partial charge in [0.1, 0.15) is 5.82 Å². The van der Waals surface area contributed by atoms with Crippen molar-refractivity contribution in [2.75, 3.05) is 0 Å². The predicted octanol–water partition coefficient (Wildman–Crippen LogP) is 8.94. The Balaban J connectivity index is 1.36. The predicted molar refractivity (Wildman–Crippen MR) is 215 cm³/mol. The Kier molecular flexibility index (Phi) is 7.48. The van der Waals surface area contributed by atoms with Crippen molar-refractivity contribution in [3.05, 3.63) is 194 Å². The molecule has 0 amide bonds. The Bertz CT molecular complexity index is 2450. The van der Waals surface area contributed by atoms with Crippen LogP contribution in [0.4, 0.5) is 0 Å². The molecule has 238 valence electrons. The maximum absolute atomic E-state index is 4.94. The number of hydrogen-bond acceptors (Lipinski definition) is 1. The van der Waals surface area contributed by atoms with E-state index in [1.165, 1.54) is 53.4 Å². The Morgan fingerprint density at radius 1 is 0.460 bits per heavy atom. The minimum atomic E-state index is -2.84. The van der Waals surface area contributed by atoms with E-state index in [4.69, 9.17) is 4.98 Å². The summed E-state index contributed by atoms with van der Waals surface area (Å²) in [6.07, 6.45) is 0.864. The molecular weight excluding hydrogens is 621 g/mol. The summed E-state index contributed by atoms with van der Waals surface area (Å²) in [6.45, 7) is 2.18. The molecule has 50 heavy (non-hydrogen) atoms. The Morgan fingerprint density at radius 3 is 1.40 bits per heavy atom. The summed E-state index contributed by atoms with van der Waals surface area (Å²) < 4.78 is 2.30. The highest BCUT2D eigenvalue weighted by molar-refractivity contribution is 7.21. The Morgan fingerprint density at radius 2 is 0.900 bits per heavy atom. The summed E-state index contributed by atoms with van der Waals surface area (Å²) in [4.78, 5) is 4.94. The molecule has 0 saturated heterocycles. The molecule has 0 radical (unpaired) electrons. The maximum atomic E-state index is 4.94. The molecular formula is C47H36N2Si. The first-order chi connectivity index (χ1) is 24.8. The second-order valence-corrected chi connectivity index (χ2v) is 16.7. The van der Waals surface area contributed by atoms with Gasteiger partial charge in [-0.3, -0.25) is 4.57 Å². The van der Waals surface area contributed by atoms with Gasteiger partial charge in [0.25, 0.3) is 0 Å². The number of aromatic nitrogens is 2. The van der Waals surface area contributed by atoms with E-state index in [0.29, 0.717) is 0 Å². The SMILES string of the molecule is CCc1nc2ccccc2n1-c1ccc(-c2c3ccccc3c([Si](c3ccccc3)(c3ccccc3)c3ccccc3)c3ccccc23)cc1. The van der Waals surface area contributed by atoms with Gasteiger partial charge in [0.15, 0.2) is 8.07 Å². The number of imidazole rings is 1. The van der Waals surface area contributed by atoms with Crippen LogP contribution in [0.1, 0.15) is 12.7 Å². The van der Waals surface area contributed by atoms with Gasteiger partial charge in [0.05, 0.1) is 11.0 Å². The largest absolute Gasteiger partial charge is 0.296 e. The second-order valence-electron chi connectivity index (χ2n) is 12.9. The van der Waals surface area contributed by atoms with E-state index in [1.54, 1.807) is 0 Å². The van der Waals surface area contributed by atoms with Crippen LogP contribution in [0.15, 0.2) is 188 Å². The van der Waals surface area contributed by atoms with Crippen LogP contribution in [-0.4, -0.2) is 17.6 Å². The van der Waals surface area contributed by atoms with E-state index in [2.05, 4.69) is 200 Å². The van der Waals surface area contributed by atoms with Crippen LogP contribution in [0.5, 0.6) is 0 Å². The van der Waals surface area contributed by atoms with Crippen LogP contribution < -0.4 is 20.7 Å². The monoisotopic (exact) mass is 656 g/mol. The molecule has 0 atom stereocenters. The van der Waals surface area contributed by atoms with Gasteiger partial charge < -0.3 is 0 Å².